The van der Waals surface area contributed by atoms with E-state index in [1.807, 2.05) is 18.2 Å². The van der Waals surface area contributed by atoms with Crippen molar-refractivity contribution >= 4 is 25.8 Å². The fraction of sp³-hybridized carbons (Fsp3) is 0.545. The number of hydrogen-bond donors (Lipinski definition) is 3. The van der Waals surface area contributed by atoms with Gasteiger partial charge in [0.1, 0.15) is 24.0 Å². The topological polar surface area (TPSA) is 107 Å². The average molecular weight is 461 g/mol. The number of aryl methyl sites for hydroxylation is 1. The van der Waals surface area contributed by atoms with Gasteiger partial charge in [-0.25, -0.2) is 15.1 Å². The van der Waals surface area contributed by atoms with Crippen molar-refractivity contribution in [3.05, 3.63) is 36.2 Å². The molecule has 3 unspecified atom stereocenters. The zero-order valence-electron chi connectivity index (χ0n) is 19.0. The number of nitrogens with two attached hydrogens (primary N) is 1. The van der Waals surface area contributed by atoms with Crippen LogP contribution in [0.25, 0.3) is 0 Å². The Morgan fingerprint density at radius 2 is 2.16 bits per heavy atom. The maximum atomic E-state index is 6.30. The fourth-order valence-corrected chi connectivity index (χ4v) is 5.16. The van der Waals surface area contributed by atoms with Crippen LogP contribution in [0.3, 0.4) is 0 Å². The summed E-state index contributed by atoms with van der Waals surface area (Å²) in [4.78, 5) is 10.5. The molecule has 0 radical (unpaired) electrons. The lowest BCUT2D eigenvalue weighted by molar-refractivity contribution is 0.0177. The molecule has 1 aromatic heterocycles. The molecule has 174 valence electrons. The molecule has 0 bridgehead atoms. The molecular formula is C22H33N6O3P. The van der Waals surface area contributed by atoms with Gasteiger partial charge in [-0.3, -0.25) is 0 Å². The minimum absolute atomic E-state index is 0.00307. The molecule has 1 fully saturated rings. The van der Waals surface area contributed by atoms with Crippen LogP contribution >= 0.6 is 8.53 Å². The molecule has 2 aliphatic rings. The molecule has 4 rings (SSSR count). The summed E-state index contributed by atoms with van der Waals surface area (Å²) < 4.78 is 18.8. The summed E-state index contributed by atoms with van der Waals surface area (Å²) in [6, 6.07) is 8.42. The van der Waals surface area contributed by atoms with Gasteiger partial charge in [0.05, 0.1) is 19.4 Å². The molecule has 0 saturated carbocycles. The Bertz CT molecular complexity index is 902. The van der Waals surface area contributed by atoms with E-state index in [4.69, 9.17) is 19.5 Å². The van der Waals surface area contributed by atoms with Crippen LogP contribution in [0.5, 0.6) is 5.75 Å². The van der Waals surface area contributed by atoms with Crippen molar-refractivity contribution in [1.29, 1.82) is 0 Å². The Kier molecular flexibility index (Phi) is 7.63. The van der Waals surface area contributed by atoms with Crippen LogP contribution in [-0.2, 0) is 15.7 Å². The van der Waals surface area contributed by atoms with Crippen LogP contribution in [0.1, 0.15) is 45.6 Å². The largest absolute Gasteiger partial charge is 0.436 e. The first-order valence-electron chi connectivity index (χ1n) is 11.3. The quantitative estimate of drug-likeness (QED) is 0.453. The van der Waals surface area contributed by atoms with Crippen LogP contribution in [0.15, 0.2) is 30.6 Å². The number of nitrogens with zero attached hydrogens (tertiary/aromatic N) is 3. The molecule has 0 amide bonds. The second-order valence-electron chi connectivity index (χ2n) is 8.34. The van der Waals surface area contributed by atoms with Gasteiger partial charge < -0.3 is 29.7 Å². The van der Waals surface area contributed by atoms with Gasteiger partial charge in [0.2, 0.25) is 0 Å². The monoisotopic (exact) mass is 460 g/mol. The molecule has 9 nitrogen and oxygen atoms in total. The first-order valence-corrected chi connectivity index (χ1v) is 12.4. The minimum atomic E-state index is -1.28. The molecule has 32 heavy (non-hydrogen) atoms. The van der Waals surface area contributed by atoms with Crippen LogP contribution in [-0.4, -0.2) is 41.6 Å². The normalized spacial score (nSPS) is 20.9. The van der Waals surface area contributed by atoms with E-state index in [1.165, 1.54) is 11.9 Å². The fourth-order valence-electron chi connectivity index (χ4n) is 3.90. The molecular weight excluding hydrogens is 427 g/mol. The molecule has 3 heterocycles. The second kappa shape index (κ2) is 10.6. The van der Waals surface area contributed by atoms with Crippen molar-refractivity contribution in [2.45, 2.75) is 64.8 Å². The Hall–Kier alpha value is -2.19. The second-order valence-corrected chi connectivity index (χ2v) is 9.55. The van der Waals surface area contributed by atoms with Gasteiger partial charge in [0.25, 0.3) is 0 Å². The number of aromatic nitrogens is 2. The van der Waals surface area contributed by atoms with Crippen LogP contribution in [0.2, 0.25) is 0 Å². The highest BCUT2D eigenvalue weighted by molar-refractivity contribution is 7.45. The SMILES string of the molecule is CCCc1ccccc1OP(NC(C)C)OCC1CCC(N2CNc3c(N)ncnc32)O1. The number of para-hydroxylation sites is 1. The molecule has 4 N–H and O–H groups in total. The zero-order chi connectivity index (χ0) is 22.5. The van der Waals surface area contributed by atoms with Gasteiger partial charge in [-0.2, -0.15) is 0 Å². The lowest BCUT2D eigenvalue weighted by Crippen LogP contribution is -2.36. The van der Waals surface area contributed by atoms with Gasteiger partial charge in [0, 0.05) is 6.04 Å². The highest BCUT2D eigenvalue weighted by atomic mass is 31.2. The number of benzene rings is 1. The van der Waals surface area contributed by atoms with E-state index in [9.17, 15) is 0 Å². The van der Waals surface area contributed by atoms with Gasteiger partial charge in [-0.15, -0.1) is 0 Å². The molecule has 1 saturated heterocycles. The average Bonchev–Trinajstić information content (AvgIpc) is 3.41. The third-order valence-electron chi connectivity index (χ3n) is 5.40. The van der Waals surface area contributed by atoms with Crippen LogP contribution in [0, 0.1) is 0 Å². The molecule has 3 atom stereocenters. The molecule has 2 aromatic rings. The van der Waals surface area contributed by atoms with Crippen molar-refractivity contribution in [3.8, 4) is 5.75 Å². The Labute approximate surface area is 191 Å². The molecule has 0 spiro atoms. The van der Waals surface area contributed by atoms with E-state index in [0.717, 1.165) is 42.9 Å². The van der Waals surface area contributed by atoms with E-state index in [-0.39, 0.29) is 18.4 Å². The third kappa shape index (κ3) is 5.41. The Morgan fingerprint density at radius 3 is 2.97 bits per heavy atom. The summed E-state index contributed by atoms with van der Waals surface area (Å²) in [6.45, 7) is 7.43. The smallest absolute Gasteiger partial charge is 0.318 e. The predicted octanol–water partition coefficient (Wildman–Crippen LogP) is 4.03. The Balaban J connectivity index is 1.34. The van der Waals surface area contributed by atoms with Gasteiger partial charge in [0.15, 0.2) is 11.6 Å². The van der Waals surface area contributed by atoms with E-state index in [1.54, 1.807) is 0 Å². The number of rotatable bonds is 10. The zero-order valence-corrected chi connectivity index (χ0v) is 19.8. The van der Waals surface area contributed by atoms with E-state index >= 15 is 0 Å². The molecule has 10 heteroatoms. The lowest BCUT2D eigenvalue weighted by atomic mass is 10.1. The minimum Gasteiger partial charge on any atom is -0.436 e. The van der Waals surface area contributed by atoms with Crippen LogP contribution in [0.4, 0.5) is 17.3 Å². The summed E-state index contributed by atoms with van der Waals surface area (Å²) in [5, 5.41) is 6.68. The van der Waals surface area contributed by atoms with Gasteiger partial charge in [-0.1, -0.05) is 31.5 Å². The van der Waals surface area contributed by atoms with E-state index in [2.05, 4.69) is 52.1 Å². The van der Waals surface area contributed by atoms with Gasteiger partial charge >= 0.3 is 8.53 Å². The highest BCUT2D eigenvalue weighted by Gasteiger charge is 2.36. The number of anilines is 3. The molecule has 2 aliphatic heterocycles. The standard InChI is InChI=1S/C22H33N6O3P/c1-4-7-16-8-5-6-9-18(16)31-32(27-15(2)3)29-12-17-10-11-19(30-17)28-14-26-20-21(23)24-13-25-22(20)28/h5-6,8-9,13,15,17,19,26-27H,4,7,10-12,14H2,1-3H3,(H2,23,24,25). The van der Waals surface area contributed by atoms with Crippen molar-refractivity contribution in [2.24, 2.45) is 0 Å². The first kappa shape index (κ1) is 23.0. The lowest BCUT2D eigenvalue weighted by Gasteiger charge is -2.26. The number of fused-ring (bicyclic) bond motifs is 1. The van der Waals surface area contributed by atoms with E-state index in [0.29, 0.717) is 19.1 Å². The summed E-state index contributed by atoms with van der Waals surface area (Å²) >= 11 is 0. The maximum Gasteiger partial charge on any atom is 0.318 e. The number of nitrogens with one attached hydrogen (secondary N) is 2. The number of ether oxygens (including phenoxy) is 1. The van der Waals surface area contributed by atoms with E-state index < -0.39 is 8.53 Å². The van der Waals surface area contributed by atoms with Crippen molar-refractivity contribution in [1.82, 2.24) is 15.1 Å². The number of hydrogen-bond acceptors (Lipinski definition) is 9. The van der Waals surface area contributed by atoms with Gasteiger partial charge in [-0.05, 0) is 44.7 Å². The van der Waals surface area contributed by atoms with Crippen molar-refractivity contribution in [3.63, 3.8) is 0 Å². The number of nitrogen functional groups attached to an aromatic ring is 1. The summed E-state index contributed by atoms with van der Waals surface area (Å²) in [6.07, 6.45) is 5.28. The third-order valence-corrected chi connectivity index (χ3v) is 6.88. The maximum absolute atomic E-state index is 6.30. The predicted molar refractivity (Wildman–Crippen MR) is 128 cm³/mol. The summed E-state index contributed by atoms with van der Waals surface area (Å²) in [5.41, 5.74) is 7.94. The molecule has 1 aromatic carbocycles. The van der Waals surface area contributed by atoms with Crippen LogP contribution < -0.4 is 25.6 Å². The van der Waals surface area contributed by atoms with Crippen molar-refractivity contribution in [2.75, 3.05) is 29.2 Å². The summed E-state index contributed by atoms with van der Waals surface area (Å²) in [7, 11) is -1.28. The first-order chi connectivity index (χ1) is 15.5. The Morgan fingerprint density at radius 1 is 1.31 bits per heavy atom. The molecule has 0 aliphatic carbocycles. The van der Waals surface area contributed by atoms with Crippen molar-refractivity contribution < 1.29 is 13.8 Å². The highest BCUT2D eigenvalue weighted by Crippen LogP contribution is 2.40. The summed E-state index contributed by atoms with van der Waals surface area (Å²) in [5.74, 6) is 2.14.